The molecule has 0 nitrogen and oxygen atoms in total. The molecule has 2 aliphatic carbocycles. The van der Waals surface area contributed by atoms with Gasteiger partial charge in [-0.2, -0.15) is 0 Å². The van der Waals surface area contributed by atoms with E-state index in [0.29, 0.717) is 0 Å². The third-order valence-electron chi connectivity index (χ3n) is 4.70. The summed E-state index contributed by atoms with van der Waals surface area (Å²) >= 11 is 0. The molecule has 2 aliphatic rings. The average Bonchev–Trinajstić information content (AvgIpc) is 2.33. The fourth-order valence-electron chi connectivity index (χ4n) is 3.88. The fourth-order valence-corrected chi connectivity index (χ4v) is 3.88. The average molecular weight is 214 g/mol. The van der Waals surface area contributed by atoms with Gasteiger partial charge in [0.2, 0.25) is 0 Å². The normalized spacial score (nSPS) is 27.6. The molecule has 0 bridgehead atoms. The summed E-state index contributed by atoms with van der Waals surface area (Å²) in [5, 5.41) is 0. The van der Waals surface area contributed by atoms with Crippen molar-refractivity contribution in [1.29, 1.82) is 0 Å². The van der Waals surface area contributed by atoms with Crippen molar-refractivity contribution in [3.8, 4) is 0 Å². The van der Waals surface area contributed by atoms with Crippen molar-refractivity contribution in [2.45, 2.75) is 64.2 Å². The third kappa shape index (κ3) is 1.43. The minimum Gasteiger partial charge on any atom is -0.0613 e. The number of benzene rings is 1. The fraction of sp³-hybridized carbons (Fsp3) is 0.625. The molecule has 0 saturated heterocycles. The monoisotopic (exact) mass is 214 g/mol. The van der Waals surface area contributed by atoms with Crippen molar-refractivity contribution in [3.05, 3.63) is 34.4 Å². The topological polar surface area (TPSA) is 0 Å². The molecule has 0 amide bonds. The Bertz CT molecular complexity index is 388. The molecule has 0 spiro atoms. The van der Waals surface area contributed by atoms with Crippen LogP contribution in [0.3, 0.4) is 0 Å². The van der Waals surface area contributed by atoms with E-state index >= 15 is 0 Å². The Labute approximate surface area is 99.1 Å². The zero-order valence-electron chi connectivity index (χ0n) is 10.6. The van der Waals surface area contributed by atoms with Crippen molar-refractivity contribution in [2.24, 2.45) is 0 Å². The van der Waals surface area contributed by atoms with Gasteiger partial charge in [0.25, 0.3) is 0 Å². The summed E-state index contributed by atoms with van der Waals surface area (Å²) in [6.45, 7) is 4.73. The Hall–Kier alpha value is -0.780. The molecule has 0 saturated carbocycles. The molecule has 0 fully saturated rings. The van der Waals surface area contributed by atoms with Gasteiger partial charge in [0.15, 0.2) is 0 Å². The molecule has 0 aromatic heterocycles. The van der Waals surface area contributed by atoms with E-state index < -0.39 is 0 Å². The largest absolute Gasteiger partial charge is 0.0613 e. The van der Waals surface area contributed by atoms with Crippen molar-refractivity contribution in [3.63, 3.8) is 0 Å². The van der Waals surface area contributed by atoms with Gasteiger partial charge >= 0.3 is 0 Å². The van der Waals surface area contributed by atoms with E-state index in [0.717, 1.165) is 11.8 Å². The molecule has 0 heteroatoms. The van der Waals surface area contributed by atoms with Crippen LogP contribution in [-0.4, -0.2) is 0 Å². The highest BCUT2D eigenvalue weighted by Crippen LogP contribution is 2.46. The maximum atomic E-state index is 2.43. The van der Waals surface area contributed by atoms with Crippen LogP contribution in [0.1, 0.15) is 73.6 Å². The molecular formula is C16H22. The predicted octanol–water partition coefficient (Wildman–Crippen LogP) is 4.57. The van der Waals surface area contributed by atoms with Crippen LogP contribution in [0.4, 0.5) is 0 Å². The maximum absolute atomic E-state index is 2.43. The van der Waals surface area contributed by atoms with Gasteiger partial charge in [0.1, 0.15) is 0 Å². The van der Waals surface area contributed by atoms with Crippen LogP contribution in [-0.2, 0) is 12.8 Å². The molecule has 1 aromatic rings. The van der Waals surface area contributed by atoms with Gasteiger partial charge in [-0.15, -0.1) is 0 Å². The number of hydrogen-bond acceptors (Lipinski definition) is 0. The van der Waals surface area contributed by atoms with Gasteiger partial charge in [-0.25, -0.2) is 0 Å². The van der Waals surface area contributed by atoms with Crippen LogP contribution in [0.5, 0.6) is 0 Å². The Morgan fingerprint density at radius 1 is 1.12 bits per heavy atom. The summed E-state index contributed by atoms with van der Waals surface area (Å²) in [5.74, 6) is 1.71. The van der Waals surface area contributed by atoms with Gasteiger partial charge < -0.3 is 0 Å². The Balaban J connectivity index is 2.21. The summed E-state index contributed by atoms with van der Waals surface area (Å²) in [5.41, 5.74) is 6.83. The molecule has 0 aliphatic heterocycles. The minimum atomic E-state index is 0.805. The van der Waals surface area contributed by atoms with E-state index in [2.05, 4.69) is 26.0 Å². The molecule has 1 aromatic carbocycles. The lowest BCUT2D eigenvalue weighted by molar-refractivity contribution is 0.443. The second-order valence-corrected chi connectivity index (χ2v) is 5.63. The zero-order valence-corrected chi connectivity index (χ0v) is 10.6. The van der Waals surface area contributed by atoms with Crippen LogP contribution in [0, 0.1) is 0 Å². The predicted molar refractivity (Wildman–Crippen MR) is 69.1 cm³/mol. The van der Waals surface area contributed by atoms with Crippen molar-refractivity contribution in [1.82, 2.24) is 0 Å². The standard InChI is InChI=1S/C16H22/c1-3-12-9-10-14-6-4-5-13-8-7-11(2)15(12)16(13)14/h9-11,13H,3-8H2,1-2H3. The van der Waals surface area contributed by atoms with E-state index in [4.69, 9.17) is 0 Å². The lowest BCUT2D eigenvalue weighted by atomic mass is 9.69. The van der Waals surface area contributed by atoms with Gasteiger partial charge in [-0.1, -0.05) is 26.0 Å². The van der Waals surface area contributed by atoms with Crippen LogP contribution < -0.4 is 0 Å². The molecule has 16 heavy (non-hydrogen) atoms. The van der Waals surface area contributed by atoms with Gasteiger partial charge in [-0.3, -0.25) is 0 Å². The molecule has 0 heterocycles. The lowest BCUT2D eigenvalue weighted by Crippen LogP contribution is -2.20. The van der Waals surface area contributed by atoms with Gasteiger partial charge in [0, 0.05) is 0 Å². The first kappa shape index (κ1) is 10.4. The van der Waals surface area contributed by atoms with Gasteiger partial charge in [-0.05, 0) is 72.6 Å². The van der Waals surface area contributed by atoms with Gasteiger partial charge in [0.05, 0.1) is 0 Å². The zero-order chi connectivity index (χ0) is 11.1. The highest BCUT2D eigenvalue weighted by atomic mass is 14.3. The number of hydrogen-bond donors (Lipinski definition) is 0. The van der Waals surface area contributed by atoms with Crippen LogP contribution >= 0.6 is 0 Å². The first-order valence-corrected chi connectivity index (χ1v) is 6.95. The minimum absolute atomic E-state index is 0.805. The highest BCUT2D eigenvalue weighted by Gasteiger charge is 2.30. The van der Waals surface area contributed by atoms with Crippen LogP contribution in [0.2, 0.25) is 0 Å². The lowest BCUT2D eigenvalue weighted by Gasteiger charge is -2.36. The molecule has 0 radical (unpaired) electrons. The molecule has 86 valence electrons. The molecular weight excluding hydrogens is 192 g/mol. The Morgan fingerprint density at radius 3 is 2.81 bits per heavy atom. The van der Waals surface area contributed by atoms with E-state index in [1.54, 1.807) is 22.3 Å². The molecule has 0 N–H and O–H groups in total. The van der Waals surface area contributed by atoms with E-state index in [1.165, 1.54) is 38.5 Å². The smallest absolute Gasteiger partial charge is 0.0156 e. The quantitative estimate of drug-likeness (QED) is 0.642. The molecule has 3 rings (SSSR count). The molecule has 2 atom stereocenters. The summed E-state index contributed by atoms with van der Waals surface area (Å²) in [6.07, 6.45) is 8.24. The first-order chi connectivity index (χ1) is 7.81. The van der Waals surface area contributed by atoms with Crippen molar-refractivity contribution in [2.75, 3.05) is 0 Å². The first-order valence-electron chi connectivity index (χ1n) is 6.95. The second kappa shape index (κ2) is 3.91. The Morgan fingerprint density at radius 2 is 2.00 bits per heavy atom. The number of rotatable bonds is 1. The van der Waals surface area contributed by atoms with Crippen LogP contribution in [0.25, 0.3) is 0 Å². The summed E-state index contributed by atoms with van der Waals surface area (Å²) < 4.78 is 0. The maximum Gasteiger partial charge on any atom is -0.0156 e. The summed E-state index contributed by atoms with van der Waals surface area (Å²) in [7, 11) is 0. The summed E-state index contributed by atoms with van der Waals surface area (Å²) in [6, 6.07) is 4.82. The Kier molecular flexibility index (Phi) is 2.53. The van der Waals surface area contributed by atoms with Crippen molar-refractivity contribution < 1.29 is 0 Å². The third-order valence-corrected chi connectivity index (χ3v) is 4.70. The summed E-state index contributed by atoms with van der Waals surface area (Å²) in [4.78, 5) is 0. The molecule has 2 unspecified atom stereocenters. The van der Waals surface area contributed by atoms with Crippen LogP contribution in [0.15, 0.2) is 12.1 Å². The van der Waals surface area contributed by atoms with E-state index in [1.807, 2.05) is 0 Å². The number of aryl methyl sites for hydroxylation is 2. The van der Waals surface area contributed by atoms with E-state index in [9.17, 15) is 0 Å². The van der Waals surface area contributed by atoms with E-state index in [-0.39, 0.29) is 0 Å². The SMILES string of the molecule is CCc1ccc2c3c1C(C)CCC3CCC2. The van der Waals surface area contributed by atoms with Crippen molar-refractivity contribution >= 4 is 0 Å². The highest BCUT2D eigenvalue weighted by molar-refractivity contribution is 5.48. The second-order valence-electron chi connectivity index (χ2n) is 5.63.